The van der Waals surface area contributed by atoms with Gasteiger partial charge in [0.2, 0.25) is 5.91 Å². The van der Waals surface area contributed by atoms with Crippen molar-refractivity contribution in [3.8, 4) is 0 Å². The van der Waals surface area contributed by atoms with Crippen LogP contribution in [0.2, 0.25) is 0 Å². The summed E-state index contributed by atoms with van der Waals surface area (Å²) in [6.07, 6.45) is 0.311. The smallest absolute Gasteiger partial charge is 0.343 e. The molecular weight excluding hydrogens is 392 g/mol. The Morgan fingerprint density at radius 1 is 0.839 bits per heavy atom. The lowest BCUT2D eigenvalue weighted by Gasteiger charge is -2.11. The molecule has 2 N–H and O–H groups in total. The zero-order chi connectivity index (χ0) is 21.8. The second-order valence-corrected chi connectivity index (χ2v) is 7.13. The molecule has 0 aliphatic rings. The zero-order valence-electron chi connectivity index (χ0n) is 16.8. The van der Waals surface area contributed by atoms with Crippen LogP contribution in [0.1, 0.15) is 28.6 Å². The monoisotopic (exact) mass is 412 g/mol. The molecule has 2 amide bonds. The van der Waals surface area contributed by atoms with Crippen LogP contribution >= 0.6 is 0 Å². The van der Waals surface area contributed by atoms with Gasteiger partial charge in [-0.3, -0.25) is 9.59 Å². The molecule has 4 aromatic rings. The third-order valence-electron chi connectivity index (χ3n) is 4.81. The normalized spacial score (nSPS) is 10.6. The minimum atomic E-state index is -0.394. The molecule has 0 saturated heterocycles. The minimum Gasteiger partial charge on any atom is -0.427 e. The molecule has 0 saturated carbocycles. The van der Waals surface area contributed by atoms with Gasteiger partial charge in [-0.2, -0.15) is 0 Å². The number of fused-ring (bicyclic) bond motifs is 1. The standard InChI is InChI=1S/C25H20N2O4/c1-16(28)26-19-10-12-20(13-11-19)27-24(29)22-8-4-2-6-17(22)14-21-15-18-7-3-5-9-23(18)25(30)31-21/h2-13,15H,14H2,1H3,(H,26,28)(H,27,29). The maximum absolute atomic E-state index is 12.9. The van der Waals surface area contributed by atoms with E-state index in [1.807, 2.05) is 30.3 Å². The van der Waals surface area contributed by atoms with Crippen molar-refractivity contribution in [2.75, 3.05) is 10.6 Å². The van der Waals surface area contributed by atoms with E-state index in [2.05, 4.69) is 10.6 Å². The third-order valence-corrected chi connectivity index (χ3v) is 4.81. The number of hydrogen-bond acceptors (Lipinski definition) is 4. The number of nitrogens with one attached hydrogen (secondary N) is 2. The molecule has 1 aromatic heterocycles. The van der Waals surface area contributed by atoms with E-state index in [0.29, 0.717) is 34.5 Å². The van der Waals surface area contributed by atoms with Gasteiger partial charge in [-0.05, 0) is 53.4 Å². The van der Waals surface area contributed by atoms with Gasteiger partial charge in [0.25, 0.3) is 5.91 Å². The number of amides is 2. The van der Waals surface area contributed by atoms with Gasteiger partial charge < -0.3 is 15.1 Å². The molecule has 31 heavy (non-hydrogen) atoms. The summed E-state index contributed by atoms with van der Waals surface area (Å²) >= 11 is 0. The van der Waals surface area contributed by atoms with E-state index in [4.69, 9.17) is 4.42 Å². The van der Waals surface area contributed by atoms with E-state index in [9.17, 15) is 14.4 Å². The van der Waals surface area contributed by atoms with Crippen LogP contribution < -0.4 is 16.3 Å². The Morgan fingerprint density at radius 2 is 1.48 bits per heavy atom. The highest BCUT2D eigenvalue weighted by Crippen LogP contribution is 2.20. The Morgan fingerprint density at radius 3 is 2.23 bits per heavy atom. The predicted molar refractivity (Wildman–Crippen MR) is 120 cm³/mol. The first-order chi connectivity index (χ1) is 15.0. The van der Waals surface area contributed by atoms with Crippen molar-refractivity contribution in [3.63, 3.8) is 0 Å². The molecule has 0 unspecified atom stereocenters. The lowest BCUT2D eigenvalue weighted by atomic mass is 10.0. The average Bonchev–Trinajstić information content (AvgIpc) is 2.75. The van der Waals surface area contributed by atoms with Crippen molar-refractivity contribution >= 4 is 34.0 Å². The summed E-state index contributed by atoms with van der Waals surface area (Å²) in [5.74, 6) is 0.0562. The fraction of sp³-hybridized carbons (Fsp3) is 0.0800. The number of rotatable bonds is 5. The molecule has 0 atom stereocenters. The highest BCUT2D eigenvalue weighted by atomic mass is 16.4. The molecule has 0 radical (unpaired) electrons. The van der Waals surface area contributed by atoms with Gasteiger partial charge in [-0.25, -0.2) is 4.79 Å². The fourth-order valence-corrected chi connectivity index (χ4v) is 3.40. The summed E-state index contributed by atoms with van der Waals surface area (Å²) in [4.78, 5) is 36.3. The van der Waals surface area contributed by atoms with Crippen LogP contribution in [0.25, 0.3) is 10.8 Å². The van der Waals surface area contributed by atoms with E-state index in [0.717, 1.165) is 10.9 Å². The van der Waals surface area contributed by atoms with Gasteiger partial charge >= 0.3 is 5.63 Å². The van der Waals surface area contributed by atoms with Crippen LogP contribution in [0.4, 0.5) is 11.4 Å². The van der Waals surface area contributed by atoms with Crippen molar-refractivity contribution in [2.45, 2.75) is 13.3 Å². The second-order valence-electron chi connectivity index (χ2n) is 7.13. The quantitative estimate of drug-likeness (QED) is 0.502. The van der Waals surface area contributed by atoms with E-state index in [-0.39, 0.29) is 11.8 Å². The Hall–Kier alpha value is -4.19. The first-order valence-corrected chi connectivity index (χ1v) is 9.78. The van der Waals surface area contributed by atoms with Crippen LogP contribution in [0.3, 0.4) is 0 Å². The molecule has 4 rings (SSSR count). The van der Waals surface area contributed by atoms with Gasteiger partial charge in [0.15, 0.2) is 0 Å². The van der Waals surface area contributed by atoms with Crippen molar-refractivity contribution in [3.05, 3.63) is 106 Å². The largest absolute Gasteiger partial charge is 0.427 e. The van der Waals surface area contributed by atoms with Gasteiger partial charge in [0.1, 0.15) is 5.76 Å². The first kappa shape index (κ1) is 20.1. The summed E-state index contributed by atoms with van der Waals surface area (Å²) in [5, 5.41) is 6.87. The van der Waals surface area contributed by atoms with Crippen molar-refractivity contribution < 1.29 is 14.0 Å². The maximum atomic E-state index is 12.9. The summed E-state index contributed by atoms with van der Waals surface area (Å²) in [6, 6.07) is 23.1. The Kier molecular flexibility index (Phi) is 5.62. The molecule has 0 bridgehead atoms. The number of hydrogen-bond donors (Lipinski definition) is 2. The van der Waals surface area contributed by atoms with Gasteiger partial charge in [0.05, 0.1) is 5.39 Å². The highest BCUT2D eigenvalue weighted by Gasteiger charge is 2.14. The summed E-state index contributed by atoms with van der Waals surface area (Å²) in [5.41, 5.74) is 2.09. The third kappa shape index (κ3) is 4.70. The van der Waals surface area contributed by atoms with Crippen LogP contribution in [0.5, 0.6) is 0 Å². The summed E-state index contributed by atoms with van der Waals surface area (Å²) < 4.78 is 5.47. The number of carbonyl (C=O) groups is 2. The molecule has 0 fully saturated rings. The van der Waals surface area contributed by atoms with Crippen LogP contribution in [-0.2, 0) is 11.2 Å². The molecule has 6 heteroatoms. The van der Waals surface area contributed by atoms with Crippen LogP contribution in [-0.4, -0.2) is 11.8 Å². The molecule has 1 heterocycles. The minimum absolute atomic E-state index is 0.161. The summed E-state index contributed by atoms with van der Waals surface area (Å²) in [6.45, 7) is 1.43. The fourth-order valence-electron chi connectivity index (χ4n) is 3.40. The predicted octanol–water partition coefficient (Wildman–Crippen LogP) is 4.59. The molecule has 6 nitrogen and oxygen atoms in total. The molecule has 0 aliphatic carbocycles. The average molecular weight is 412 g/mol. The zero-order valence-corrected chi connectivity index (χ0v) is 16.8. The lowest BCUT2D eigenvalue weighted by Crippen LogP contribution is -2.15. The number of benzene rings is 3. The van der Waals surface area contributed by atoms with E-state index >= 15 is 0 Å². The van der Waals surface area contributed by atoms with Gasteiger partial charge in [-0.1, -0.05) is 36.4 Å². The first-order valence-electron chi connectivity index (χ1n) is 9.78. The van der Waals surface area contributed by atoms with Gasteiger partial charge in [-0.15, -0.1) is 0 Å². The van der Waals surface area contributed by atoms with E-state index in [1.165, 1.54) is 6.92 Å². The topological polar surface area (TPSA) is 88.4 Å². The Bertz CT molecular complexity index is 1320. The van der Waals surface area contributed by atoms with Crippen molar-refractivity contribution in [2.24, 2.45) is 0 Å². The van der Waals surface area contributed by atoms with E-state index < -0.39 is 5.63 Å². The van der Waals surface area contributed by atoms with Crippen LogP contribution in [0.15, 0.2) is 88.1 Å². The number of anilines is 2. The SMILES string of the molecule is CC(=O)Nc1ccc(NC(=O)c2ccccc2Cc2cc3ccccc3c(=O)o2)cc1. The van der Waals surface area contributed by atoms with Crippen molar-refractivity contribution in [1.82, 2.24) is 0 Å². The molecule has 0 aliphatic heterocycles. The molecule has 154 valence electrons. The molecule has 3 aromatic carbocycles. The second kappa shape index (κ2) is 8.67. The van der Waals surface area contributed by atoms with E-state index in [1.54, 1.807) is 48.5 Å². The molecular formula is C25H20N2O4. The van der Waals surface area contributed by atoms with Crippen LogP contribution in [0, 0.1) is 0 Å². The highest BCUT2D eigenvalue weighted by molar-refractivity contribution is 6.05. The van der Waals surface area contributed by atoms with Gasteiger partial charge in [0, 0.05) is 30.3 Å². The molecule has 0 spiro atoms. The maximum Gasteiger partial charge on any atom is 0.343 e. The Balaban J connectivity index is 1.56. The lowest BCUT2D eigenvalue weighted by molar-refractivity contribution is -0.114. The number of carbonyl (C=O) groups excluding carboxylic acids is 2. The summed E-state index contributed by atoms with van der Waals surface area (Å²) in [7, 11) is 0. The van der Waals surface area contributed by atoms with Crippen molar-refractivity contribution in [1.29, 1.82) is 0 Å². The Labute approximate surface area is 178 Å².